The zero-order valence-electron chi connectivity index (χ0n) is 17.3. The molecule has 0 unspecified atom stereocenters. The van der Waals surface area contributed by atoms with Crippen molar-refractivity contribution in [1.29, 1.82) is 0 Å². The van der Waals surface area contributed by atoms with Crippen LogP contribution in [0, 0.1) is 0 Å². The van der Waals surface area contributed by atoms with Crippen molar-refractivity contribution in [3.05, 3.63) is 65.7 Å². The molecule has 2 N–H and O–H groups in total. The van der Waals surface area contributed by atoms with Crippen LogP contribution < -0.4 is 4.74 Å². The summed E-state index contributed by atoms with van der Waals surface area (Å²) in [6.45, 7) is 5.46. The number of hydrogen-bond acceptors (Lipinski definition) is 5. The molecule has 1 fully saturated rings. The van der Waals surface area contributed by atoms with Crippen molar-refractivity contribution in [3.63, 3.8) is 0 Å². The molecule has 1 amide bonds. The molecule has 0 saturated carbocycles. The minimum absolute atomic E-state index is 0.0127. The van der Waals surface area contributed by atoms with E-state index in [9.17, 15) is 19.8 Å². The Morgan fingerprint density at radius 3 is 2.33 bits per heavy atom. The van der Waals surface area contributed by atoms with E-state index in [1.165, 1.54) is 0 Å². The number of carboxylic acid groups (broad SMARTS) is 1. The van der Waals surface area contributed by atoms with Gasteiger partial charge in [0.05, 0.1) is 6.10 Å². The van der Waals surface area contributed by atoms with Crippen LogP contribution in [0.2, 0.25) is 0 Å². The second-order valence-corrected chi connectivity index (χ2v) is 8.32. The van der Waals surface area contributed by atoms with Crippen molar-refractivity contribution in [2.45, 2.75) is 51.0 Å². The number of para-hydroxylation sites is 1. The molecule has 1 aliphatic heterocycles. The molecule has 2 aromatic rings. The SMILES string of the molecule is CC(C)(C)OC(=O)N1C[C@H](c2ccccc2OCc2ccccc2)[C@@H](O)[C@H]1C(=O)O. The summed E-state index contributed by atoms with van der Waals surface area (Å²) in [6.07, 6.45) is -2.06. The monoisotopic (exact) mass is 413 g/mol. The van der Waals surface area contributed by atoms with E-state index in [0.29, 0.717) is 17.9 Å². The first-order valence-electron chi connectivity index (χ1n) is 9.83. The van der Waals surface area contributed by atoms with Crippen LogP contribution in [-0.4, -0.2) is 51.5 Å². The van der Waals surface area contributed by atoms with Crippen LogP contribution in [0.5, 0.6) is 5.75 Å². The first-order chi connectivity index (χ1) is 14.2. The Morgan fingerprint density at radius 1 is 1.07 bits per heavy atom. The van der Waals surface area contributed by atoms with E-state index in [2.05, 4.69) is 0 Å². The summed E-state index contributed by atoms with van der Waals surface area (Å²) in [5.41, 5.74) is 0.858. The number of ether oxygens (including phenoxy) is 2. The molecule has 30 heavy (non-hydrogen) atoms. The van der Waals surface area contributed by atoms with Gasteiger partial charge in [0.25, 0.3) is 0 Å². The Morgan fingerprint density at radius 2 is 1.70 bits per heavy atom. The van der Waals surface area contributed by atoms with Crippen LogP contribution >= 0.6 is 0 Å². The molecule has 7 heteroatoms. The van der Waals surface area contributed by atoms with Gasteiger partial charge in [0.1, 0.15) is 18.0 Å². The van der Waals surface area contributed by atoms with E-state index in [1.54, 1.807) is 39.0 Å². The average molecular weight is 413 g/mol. The predicted octanol–water partition coefficient (Wildman–Crippen LogP) is 3.41. The smallest absolute Gasteiger partial charge is 0.411 e. The number of amides is 1. The van der Waals surface area contributed by atoms with Gasteiger partial charge in [-0.05, 0) is 32.4 Å². The molecule has 2 aromatic carbocycles. The van der Waals surface area contributed by atoms with Crippen molar-refractivity contribution in [3.8, 4) is 5.75 Å². The molecule has 0 spiro atoms. The molecule has 1 heterocycles. The molecule has 3 rings (SSSR count). The average Bonchev–Trinajstić information content (AvgIpc) is 3.03. The van der Waals surface area contributed by atoms with Gasteiger partial charge in [-0.25, -0.2) is 9.59 Å². The summed E-state index contributed by atoms with van der Waals surface area (Å²) in [6, 6.07) is 15.4. The zero-order chi connectivity index (χ0) is 21.9. The number of hydrogen-bond donors (Lipinski definition) is 2. The summed E-state index contributed by atoms with van der Waals surface area (Å²) >= 11 is 0. The lowest BCUT2D eigenvalue weighted by molar-refractivity contribution is -0.144. The van der Waals surface area contributed by atoms with Crippen LogP contribution in [-0.2, 0) is 16.1 Å². The number of carboxylic acids is 1. The fourth-order valence-corrected chi connectivity index (χ4v) is 3.56. The Balaban J connectivity index is 1.84. The Bertz CT molecular complexity index is 892. The highest BCUT2D eigenvalue weighted by atomic mass is 16.6. The van der Waals surface area contributed by atoms with Gasteiger partial charge in [0.2, 0.25) is 0 Å². The summed E-state index contributed by atoms with van der Waals surface area (Å²) in [4.78, 5) is 25.5. The second kappa shape index (κ2) is 8.75. The van der Waals surface area contributed by atoms with Crippen molar-refractivity contribution < 1.29 is 29.3 Å². The third-order valence-corrected chi connectivity index (χ3v) is 4.90. The van der Waals surface area contributed by atoms with Gasteiger partial charge in [-0.3, -0.25) is 4.90 Å². The number of likely N-dealkylation sites (tertiary alicyclic amines) is 1. The van der Waals surface area contributed by atoms with Crippen LogP contribution in [0.4, 0.5) is 4.79 Å². The summed E-state index contributed by atoms with van der Waals surface area (Å²) in [5.74, 6) is -1.36. The number of nitrogens with zero attached hydrogens (tertiary/aromatic N) is 1. The van der Waals surface area contributed by atoms with Gasteiger partial charge in [0.15, 0.2) is 6.04 Å². The molecule has 0 aromatic heterocycles. The highest BCUT2D eigenvalue weighted by molar-refractivity contribution is 5.82. The molecule has 0 aliphatic carbocycles. The van der Waals surface area contributed by atoms with Gasteiger partial charge in [-0.1, -0.05) is 48.5 Å². The molecule has 3 atom stereocenters. The highest BCUT2D eigenvalue weighted by Gasteiger charge is 2.49. The van der Waals surface area contributed by atoms with Crippen LogP contribution in [0.3, 0.4) is 0 Å². The maximum absolute atomic E-state index is 12.6. The molecule has 1 aliphatic rings. The lowest BCUT2D eigenvalue weighted by Gasteiger charge is -2.27. The maximum Gasteiger partial charge on any atom is 0.411 e. The van der Waals surface area contributed by atoms with E-state index >= 15 is 0 Å². The van der Waals surface area contributed by atoms with Crippen LogP contribution in [0.15, 0.2) is 54.6 Å². The quantitative estimate of drug-likeness (QED) is 0.780. The first kappa shape index (κ1) is 21.6. The number of rotatable bonds is 5. The molecule has 160 valence electrons. The first-order valence-corrected chi connectivity index (χ1v) is 9.83. The van der Waals surface area contributed by atoms with Crippen molar-refractivity contribution in [2.75, 3.05) is 6.54 Å². The maximum atomic E-state index is 12.6. The van der Waals surface area contributed by atoms with Gasteiger partial charge < -0.3 is 19.7 Å². The summed E-state index contributed by atoms with van der Waals surface area (Å²) in [7, 11) is 0. The van der Waals surface area contributed by atoms with E-state index in [0.717, 1.165) is 10.5 Å². The van der Waals surface area contributed by atoms with E-state index < -0.39 is 35.7 Å². The standard InChI is InChI=1S/C23H27NO6/c1-23(2,3)30-22(28)24-13-17(20(25)19(24)21(26)27)16-11-7-8-12-18(16)29-14-15-9-5-4-6-10-15/h4-12,17,19-20,25H,13-14H2,1-3H3,(H,26,27)/t17-,19+,20-/m1/s1. The molecule has 0 bridgehead atoms. The fourth-order valence-electron chi connectivity index (χ4n) is 3.56. The van der Waals surface area contributed by atoms with E-state index in [-0.39, 0.29) is 6.54 Å². The van der Waals surface area contributed by atoms with Gasteiger partial charge >= 0.3 is 12.1 Å². The molecule has 1 saturated heterocycles. The summed E-state index contributed by atoms with van der Waals surface area (Å²) < 4.78 is 11.3. The Kier molecular flexibility index (Phi) is 6.31. The minimum atomic E-state index is -1.40. The molecule has 7 nitrogen and oxygen atoms in total. The molecule has 0 radical (unpaired) electrons. The second-order valence-electron chi connectivity index (χ2n) is 8.32. The van der Waals surface area contributed by atoms with Gasteiger partial charge in [-0.2, -0.15) is 0 Å². The third-order valence-electron chi connectivity index (χ3n) is 4.90. The number of carbonyl (C=O) groups is 2. The predicted molar refractivity (Wildman–Crippen MR) is 110 cm³/mol. The molecular weight excluding hydrogens is 386 g/mol. The fraction of sp³-hybridized carbons (Fsp3) is 0.391. The number of benzene rings is 2. The van der Waals surface area contributed by atoms with Gasteiger partial charge in [0, 0.05) is 18.0 Å². The summed E-state index contributed by atoms with van der Waals surface area (Å²) in [5, 5.41) is 20.5. The zero-order valence-corrected chi connectivity index (χ0v) is 17.3. The van der Waals surface area contributed by atoms with Crippen molar-refractivity contribution in [2.24, 2.45) is 0 Å². The lowest BCUT2D eigenvalue weighted by atomic mass is 9.92. The Labute approximate surface area is 175 Å². The van der Waals surface area contributed by atoms with Crippen LogP contribution in [0.25, 0.3) is 0 Å². The molecular formula is C23H27NO6. The third kappa shape index (κ3) is 4.91. The van der Waals surface area contributed by atoms with Gasteiger partial charge in [-0.15, -0.1) is 0 Å². The minimum Gasteiger partial charge on any atom is -0.489 e. The Hall–Kier alpha value is -3.06. The van der Waals surface area contributed by atoms with E-state index in [1.807, 2.05) is 36.4 Å². The number of carbonyl (C=O) groups excluding carboxylic acids is 1. The normalized spacial score (nSPS) is 21.3. The lowest BCUT2D eigenvalue weighted by Crippen LogP contribution is -2.47. The number of aliphatic hydroxyl groups is 1. The van der Waals surface area contributed by atoms with Crippen molar-refractivity contribution >= 4 is 12.1 Å². The van der Waals surface area contributed by atoms with Crippen molar-refractivity contribution in [1.82, 2.24) is 4.90 Å². The largest absolute Gasteiger partial charge is 0.489 e. The topological polar surface area (TPSA) is 96.3 Å². The van der Waals surface area contributed by atoms with Crippen LogP contribution in [0.1, 0.15) is 37.8 Å². The van der Waals surface area contributed by atoms with E-state index in [4.69, 9.17) is 9.47 Å². The highest BCUT2D eigenvalue weighted by Crippen LogP contribution is 2.38. The number of aliphatic carboxylic acids is 1. The number of aliphatic hydroxyl groups excluding tert-OH is 1.